The van der Waals surface area contributed by atoms with Crippen LogP contribution in [0.25, 0.3) is 0 Å². The number of rotatable bonds is 4. The zero-order valence-corrected chi connectivity index (χ0v) is 11.1. The van der Waals surface area contributed by atoms with Gasteiger partial charge in [-0.25, -0.2) is 4.68 Å². The predicted octanol–water partition coefficient (Wildman–Crippen LogP) is 1.75. The summed E-state index contributed by atoms with van der Waals surface area (Å²) in [6.07, 6.45) is 5.38. The van der Waals surface area contributed by atoms with E-state index in [0.29, 0.717) is 0 Å². The van der Waals surface area contributed by atoms with Crippen LogP contribution in [0.5, 0.6) is 0 Å². The average Bonchev–Trinajstić information content (AvgIpc) is 2.86. The molecule has 96 valence electrons. The standard InChI is InChI=1S/C12H23N5/c1-12(2,3)13-8-11-14-15-16-17(11)9-10-6-4-5-7-10/h10,13H,4-9H2,1-3H3. The molecule has 0 spiro atoms. The summed E-state index contributed by atoms with van der Waals surface area (Å²) in [5, 5.41) is 15.4. The van der Waals surface area contributed by atoms with Gasteiger partial charge in [0.2, 0.25) is 0 Å². The Morgan fingerprint density at radius 1 is 1.29 bits per heavy atom. The fraction of sp³-hybridized carbons (Fsp3) is 0.917. The number of nitrogens with zero attached hydrogens (tertiary/aromatic N) is 4. The zero-order valence-electron chi connectivity index (χ0n) is 11.1. The molecule has 1 fully saturated rings. The van der Waals surface area contributed by atoms with Crippen LogP contribution < -0.4 is 5.32 Å². The van der Waals surface area contributed by atoms with Crippen molar-refractivity contribution >= 4 is 0 Å². The Balaban J connectivity index is 1.91. The Hall–Kier alpha value is -0.970. The van der Waals surface area contributed by atoms with Crippen molar-refractivity contribution in [1.82, 2.24) is 25.5 Å². The molecule has 1 aliphatic carbocycles. The minimum atomic E-state index is 0.101. The van der Waals surface area contributed by atoms with Crippen molar-refractivity contribution in [2.75, 3.05) is 0 Å². The molecule has 0 bridgehead atoms. The molecule has 2 rings (SSSR count). The van der Waals surface area contributed by atoms with E-state index in [0.717, 1.165) is 24.8 Å². The molecule has 1 aromatic heterocycles. The van der Waals surface area contributed by atoms with Gasteiger partial charge in [-0.15, -0.1) is 5.10 Å². The number of hydrogen-bond donors (Lipinski definition) is 1. The maximum absolute atomic E-state index is 4.10. The van der Waals surface area contributed by atoms with Gasteiger partial charge in [-0.2, -0.15) is 0 Å². The Bertz CT molecular complexity index is 346. The summed E-state index contributed by atoms with van der Waals surface area (Å²) < 4.78 is 1.97. The van der Waals surface area contributed by atoms with Crippen molar-refractivity contribution in [2.45, 2.75) is 65.1 Å². The second-order valence-corrected chi connectivity index (χ2v) is 6.03. The van der Waals surface area contributed by atoms with Gasteiger partial charge in [0, 0.05) is 12.1 Å². The largest absolute Gasteiger partial charge is 0.305 e. The lowest BCUT2D eigenvalue weighted by Gasteiger charge is -2.20. The minimum absolute atomic E-state index is 0.101. The second-order valence-electron chi connectivity index (χ2n) is 6.03. The van der Waals surface area contributed by atoms with Gasteiger partial charge in [-0.3, -0.25) is 0 Å². The van der Waals surface area contributed by atoms with E-state index in [9.17, 15) is 0 Å². The Morgan fingerprint density at radius 3 is 2.65 bits per heavy atom. The van der Waals surface area contributed by atoms with Crippen LogP contribution in [0.4, 0.5) is 0 Å². The monoisotopic (exact) mass is 237 g/mol. The van der Waals surface area contributed by atoms with Gasteiger partial charge >= 0.3 is 0 Å². The van der Waals surface area contributed by atoms with Crippen LogP contribution in [0, 0.1) is 5.92 Å². The maximum atomic E-state index is 4.10. The first kappa shape index (κ1) is 12.5. The average molecular weight is 237 g/mol. The molecule has 1 aliphatic rings. The van der Waals surface area contributed by atoms with Gasteiger partial charge in [0.25, 0.3) is 0 Å². The van der Waals surface area contributed by atoms with Crippen LogP contribution in [-0.4, -0.2) is 25.7 Å². The van der Waals surface area contributed by atoms with Crippen molar-refractivity contribution in [3.8, 4) is 0 Å². The zero-order chi connectivity index (χ0) is 12.3. The molecular weight excluding hydrogens is 214 g/mol. The third-order valence-corrected chi connectivity index (χ3v) is 3.29. The Labute approximate surface area is 103 Å². The van der Waals surface area contributed by atoms with Crippen LogP contribution in [-0.2, 0) is 13.1 Å². The highest BCUT2D eigenvalue weighted by Crippen LogP contribution is 2.25. The molecule has 0 aliphatic heterocycles. The van der Waals surface area contributed by atoms with E-state index in [2.05, 4.69) is 41.6 Å². The molecule has 0 amide bonds. The van der Waals surface area contributed by atoms with Gasteiger partial charge < -0.3 is 5.32 Å². The molecule has 5 heteroatoms. The Kier molecular flexibility index (Phi) is 3.76. The number of hydrogen-bond acceptors (Lipinski definition) is 4. The Morgan fingerprint density at radius 2 is 2.00 bits per heavy atom. The van der Waals surface area contributed by atoms with Crippen molar-refractivity contribution in [3.05, 3.63) is 5.82 Å². The topological polar surface area (TPSA) is 55.6 Å². The minimum Gasteiger partial charge on any atom is -0.305 e. The number of nitrogens with one attached hydrogen (secondary N) is 1. The second kappa shape index (κ2) is 5.12. The van der Waals surface area contributed by atoms with Crippen molar-refractivity contribution in [3.63, 3.8) is 0 Å². The highest BCUT2D eigenvalue weighted by atomic mass is 15.5. The van der Waals surface area contributed by atoms with Gasteiger partial charge in [0.15, 0.2) is 5.82 Å². The van der Waals surface area contributed by atoms with Crippen LogP contribution >= 0.6 is 0 Å². The van der Waals surface area contributed by atoms with Crippen molar-refractivity contribution in [2.24, 2.45) is 5.92 Å². The molecule has 1 aromatic rings. The lowest BCUT2D eigenvalue weighted by Crippen LogP contribution is -2.36. The molecule has 0 aromatic carbocycles. The van der Waals surface area contributed by atoms with Crippen molar-refractivity contribution < 1.29 is 0 Å². The van der Waals surface area contributed by atoms with Crippen LogP contribution in [0.1, 0.15) is 52.3 Å². The SMILES string of the molecule is CC(C)(C)NCc1nnnn1CC1CCCC1. The molecule has 1 saturated carbocycles. The summed E-state index contributed by atoms with van der Waals surface area (Å²) in [6, 6.07) is 0. The smallest absolute Gasteiger partial charge is 0.165 e. The summed E-state index contributed by atoms with van der Waals surface area (Å²) in [4.78, 5) is 0. The van der Waals surface area contributed by atoms with E-state index in [1.54, 1.807) is 0 Å². The quantitative estimate of drug-likeness (QED) is 0.867. The number of tetrazole rings is 1. The van der Waals surface area contributed by atoms with E-state index < -0.39 is 0 Å². The van der Waals surface area contributed by atoms with Gasteiger partial charge in [0.1, 0.15) is 0 Å². The lowest BCUT2D eigenvalue weighted by molar-refractivity contribution is 0.382. The normalized spacial score (nSPS) is 17.8. The van der Waals surface area contributed by atoms with Crippen LogP contribution in [0.15, 0.2) is 0 Å². The molecule has 0 radical (unpaired) electrons. The van der Waals surface area contributed by atoms with E-state index in [1.807, 2.05) is 4.68 Å². The van der Waals surface area contributed by atoms with Crippen LogP contribution in [0.2, 0.25) is 0 Å². The van der Waals surface area contributed by atoms with E-state index in [1.165, 1.54) is 25.7 Å². The summed E-state index contributed by atoms with van der Waals surface area (Å²) in [6.45, 7) is 8.17. The highest BCUT2D eigenvalue weighted by Gasteiger charge is 2.18. The third kappa shape index (κ3) is 3.77. The fourth-order valence-corrected chi connectivity index (χ4v) is 2.27. The van der Waals surface area contributed by atoms with E-state index in [-0.39, 0.29) is 5.54 Å². The first-order chi connectivity index (χ1) is 8.04. The highest BCUT2D eigenvalue weighted by molar-refractivity contribution is 4.84. The molecule has 0 saturated heterocycles. The van der Waals surface area contributed by atoms with E-state index >= 15 is 0 Å². The fourth-order valence-electron chi connectivity index (χ4n) is 2.27. The van der Waals surface area contributed by atoms with Crippen molar-refractivity contribution in [1.29, 1.82) is 0 Å². The van der Waals surface area contributed by atoms with Crippen LogP contribution in [0.3, 0.4) is 0 Å². The summed E-state index contributed by atoms with van der Waals surface area (Å²) >= 11 is 0. The van der Waals surface area contributed by atoms with Gasteiger partial charge in [-0.1, -0.05) is 12.8 Å². The summed E-state index contributed by atoms with van der Waals surface area (Å²) in [7, 11) is 0. The predicted molar refractivity (Wildman–Crippen MR) is 66.4 cm³/mol. The molecule has 5 nitrogen and oxygen atoms in total. The first-order valence-corrected chi connectivity index (χ1v) is 6.55. The van der Waals surface area contributed by atoms with Gasteiger partial charge in [-0.05, 0) is 50.0 Å². The molecule has 1 N–H and O–H groups in total. The maximum Gasteiger partial charge on any atom is 0.165 e. The molecule has 0 atom stereocenters. The summed E-state index contributed by atoms with van der Waals surface area (Å²) in [5.41, 5.74) is 0.101. The van der Waals surface area contributed by atoms with Gasteiger partial charge in [0.05, 0.1) is 6.54 Å². The molecule has 17 heavy (non-hydrogen) atoms. The first-order valence-electron chi connectivity index (χ1n) is 6.55. The summed E-state index contributed by atoms with van der Waals surface area (Å²) in [5.74, 6) is 1.72. The lowest BCUT2D eigenvalue weighted by atomic mass is 10.1. The van der Waals surface area contributed by atoms with E-state index in [4.69, 9.17) is 0 Å². The number of aromatic nitrogens is 4. The third-order valence-electron chi connectivity index (χ3n) is 3.29. The molecular formula is C12H23N5. The molecule has 1 heterocycles. The molecule has 0 unspecified atom stereocenters.